The molecule has 0 bridgehead atoms. The Kier molecular flexibility index (Phi) is 6.46. The van der Waals surface area contributed by atoms with Crippen LogP contribution in [0, 0.1) is 17.8 Å². The zero-order valence-corrected chi connectivity index (χ0v) is 14.5. The molecule has 3 atom stereocenters. The number of ether oxygens (including phenoxy) is 1. The lowest BCUT2D eigenvalue weighted by atomic mass is 9.73. The monoisotopic (exact) mass is 318 g/mol. The van der Waals surface area contributed by atoms with Gasteiger partial charge in [0.15, 0.2) is 0 Å². The number of esters is 1. The third kappa shape index (κ3) is 4.96. The van der Waals surface area contributed by atoms with Crippen molar-refractivity contribution >= 4 is 11.7 Å². The maximum Gasteiger partial charge on any atom is 0.338 e. The summed E-state index contributed by atoms with van der Waals surface area (Å²) < 4.78 is 5.35. The summed E-state index contributed by atoms with van der Waals surface area (Å²) in [4.78, 5) is 12.0. The summed E-state index contributed by atoms with van der Waals surface area (Å²) in [5, 5.41) is 3.62. The summed E-state index contributed by atoms with van der Waals surface area (Å²) in [5.41, 5.74) is 6.81. The molecule has 0 aromatic heterocycles. The maximum atomic E-state index is 12.0. The number of nitrogens with two attached hydrogens (primary N) is 1. The van der Waals surface area contributed by atoms with Crippen LogP contribution in [0.25, 0.3) is 0 Å². The van der Waals surface area contributed by atoms with Gasteiger partial charge in [0, 0.05) is 18.3 Å². The number of hydrogen-bond donors (Lipinski definition) is 2. The summed E-state index contributed by atoms with van der Waals surface area (Å²) in [6.45, 7) is 8.04. The summed E-state index contributed by atoms with van der Waals surface area (Å²) >= 11 is 0. The van der Waals surface area contributed by atoms with E-state index in [1.807, 2.05) is 0 Å². The van der Waals surface area contributed by atoms with Crippen LogP contribution < -0.4 is 11.1 Å². The van der Waals surface area contributed by atoms with Gasteiger partial charge >= 0.3 is 5.97 Å². The van der Waals surface area contributed by atoms with Gasteiger partial charge in [0.25, 0.3) is 0 Å². The van der Waals surface area contributed by atoms with Gasteiger partial charge in [-0.2, -0.15) is 0 Å². The molecule has 3 N–H and O–H groups in total. The van der Waals surface area contributed by atoms with E-state index in [1.165, 1.54) is 19.3 Å². The van der Waals surface area contributed by atoms with Gasteiger partial charge in [0.05, 0.1) is 5.56 Å². The minimum absolute atomic E-state index is 0.288. The quantitative estimate of drug-likeness (QED) is 0.479. The molecule has 3 unspecified atom stereocenters. The van der Waals surface area contributed by atoms with E-state index in [9.17, 15) is 4.79 Å². The third-order valence-corrected chi connectivity index (χ3v) is 4.99. The van der Waals surface area contributed by atoms with Crippen molar-refractivity contribution in [3.63, 3.8) is 0 Å². The van der Waals surface area contributed by atoms with Crippen LogP contribution in [0.4, 0.5) is 5.69 Å². The normalized spacial score (nSPS) is 24.6. The molecule has 1 saturated carbocycles. The average molecular weight is 318 g/mol. The van der Waals surface area contributed by atoms with Crippen LogP contribution in [-0.4, -0.2) is 25.2 Å². The highest BCUT2D eigenvalue weighted by Crippen LogP contribution is 2.33. The fraction of sp³-hybridized carbons (Fsp3) is 0.632. The first-order chi connectivity index (χ1) is 11.0. The molecular weight excluding hydrogens is 288 g/mol. The Bertz CT molecular complexity index is 499. The van der Waals surface area contributed by atoms with Gasteiger partial charge < -0.3 is 15.8 Å². The minimum Gasteiger partial charge on any atom is -0.461 e. The van der Waals surface area contributed by atoms with Crippen molar-refractivity contribution in [2.24, 2.45) is 17.8 Å². The van der Waals surface area contributed by atoms with Crippen LogP contribution in [0.3, 0.4) is 0 Å². The van der Waals surface area contributed by atoms with Gasteiger partial charge in [-0.3, -0.25) is 0 Å². The minimum atomic E-state index is -0.288. The molecule has 4 heteroatoms. The molecule has 4 nitrogen and oxygen atoms in total. The van der Waals surface area contributed by atoms with Crippen LogP contribution in [-0.2, 0) is 4.74 Å². The van der Waals surface area contributed by atoms with E-state index in [-0.39, 0.29) is 5.97 Å². The van der Waals surface area contributed by atoms with Crippen molar-refractivity contribution in [2.75, 3.05) is 18.9 Å². The Morgan fingerprint density at radius 1 is 1.30 bits per heavy atom. The topological polar surface area (TPSA) is 64.3 Å². The molecule has 0 amide bonds. The molecule has 2 rings (SSSR count). The van der Waals surface area contributed by atoms with E-state index in [2.05, 4.69) is 26.1 Å². The Hall–Kier alpha value is -1.55. The average Bonchev–Trinajstić information content (AvgIpc) is 2.52. The molecule has 1 aliphatic rings. The molecule has 0 heterocycles. The molecule has 1 aromatic carbocycles. The molecule has 128 valence electrons. The lowest BCUT2D eigenvalue weighted by Crippen LogP contribution is -2.46. The molecule has 0 aliphatic heterocycles. The summed E-state index contributed by atoms with van der Waals surface area (Å²) in [6.07, 6.45) is 3.91. The Balaban J connectivity index is 1.77. The standard InChI is InChI=1S/C19H30N2O2/c1-13(2)17-6-4-5-14(3)18(17)21-11-12-23-19(22)15-7-9-16(20)10-8-15/h7-10,13-14,17-18,21H,4-6,11-12,20H2,1-3H3. The van der Waals surface area contributed by atoms with Crippen LogP contribution in [0.1, 0.15) is 50.4 Å². The second-order valence-electron chi connectivity index (χ2n) is 7.05. The van der Waals surface area contributed by atoms with Crippen LogP contribution in [0.5, 0.6) is 0 Å². The number of carbonyl (C=O) groups is 1. The fourth-order valence-electron chi connectivity index (χ4n) is 3.63. The highest BCUT2D eigenvalue weighted by Gasteiger charge is 2.31. The van der Waals surface area contributed by atoms with Crippen molar-refractivity contribution in [1.82, 2.24) is 5.32 Å². The van der Waals surface area contributed by atoms with Gasteiger partial charge in [0.1, 0.15) is 6.61 Å². The molecule has 1 fully saturated rings. The SMILES string of the molecule is CC(C)C1CCCC(C)C1NCCOC(=O)c1ccc(N)cc1. The maximum absolute atomic E-state index is 12.0. The third-order valence-electron chi connectivity index (χ3n) is 4.99. The Morgan fingerprint density at radius 3 is 2.65 bits per heavy atom. The molecule has 1 aliphatic carbocycles. The van der Waals surface area contributed by atoms with E-state index in [0.717, 1.165) is 0 Å². The van der Waals surface area contributed by atoms with Crippen molar-refractivity contribution in [1.29, 1.82) is 0 Å². The van der Waals surface area contributed by atoms with Gasteiger partial charge in [-0.05, 0) is 54.9 Å². The highest BCUT2D eigenvalue weighted by molar-refractivity contribution is 5.89. The first kappa shape index (κ1) is 17.8. The lowest BCUT2D eigenvalue weighted by molar-refractivity contribution is 0.0492. The highest BCUT2D eigenvalue weighted by atomic mass is 16.5. The number of nitrogen functional groups attached to an aromatic ring is 1. The van der Waals surface area contributed by atoms with E-state index < -0.39 is 0 Å². The zero-order valence-electron chi connectivity index (χ0n) is 14.5. The van der Waals surface area contributed by atoms with Crippen molar-refractivity contribution in [3.05, 3.63) is 29.8 Å². The molecule has 1 aromatic rings. The fourth-order valence-corrected chi connectivity index (χ4v) is 3.63. The smallest absolute Gasteiger partial charge is 0.338 e. The van der Waals surface area contributed by atoms with E-state index in [4.69, 9.17) is 10.5 Å². The first-order valence-corrected chi connectivity index (χ1v) is 8.75. The van der Waals surface area contributed by atoms with Gasteiger partial charge in [-0.15, -0.1) is 0 Å². The predicted octanol–water partition coefficient (Wildman–Crippen LogP) is 3.48. The zero-order chi connectivity index (χ0) is 16.8. The number of carbonyl (C=O) groups excluding carboxylic acids is 1. The van der Waals surface area contributed by atoms with Crippen molar-refractivity contribution in [2.45, 2.75) is 46.1 Å². The van der Waals surface area contributed by atoms with Crippen LogP contribution in [0.15, 0.2) is 24.3 Å². The molecule has 23 heavy (non-hydrogen) atoms. The number of rotatable bonds is 6. The van der Waals surface area contributed by atoms with Gasteiger partial charge in [0.2, 0.25) is 0 Å². The predicted molar refractivity (Wildman–Crippen MR) is 94.3 cm³/mol. The van der Waals surface area contributed by atoms with Crippen molar-refractivity contribution < 1.29 is 9.53 Å². The molecular formula is C19H30N2O2. The van der Waals surface area contributed by atoms with E-state index >= 15 is 0 Å². The Labute approximate surface area is 139 Å². The summed E-state index contributed by atoms with van der Waals surface area (Å²) in [5.74, 6) is 1.80. The van der Waals surface area contributed by atoms with Crippen molar-refractivity contribution in [3.8, 4) is 0 Å². The number of anilines is 1. The molecule has 0 saturated heterocycles. The Morgan fingerprint density at radius 2 is 2.00 bits per heavy atom. The number of hydrogen-bond acceptors (Lipinski definition) is 4. The van der Waals surface area contributed by atoms with Gasteiger partial charge in [-0.25, -0.2) is 4.79 Å². The summed E-state index contributed by atoms with van der Waals surface area (Å²) in [6, 6.07) is 7.35. The molecule has 0 spiro atoms. The second-order valence-corrected chi connectivity index (χ2v) is 7.05. The van der Waals surface area contributed by atoms with Gasteiger partial charge in [-0.1, -0.05) is 27.2 Å². The van der Waals surface area contributed by atoms with E-state index in [1.54, 1.807) is 24.3 Å². The molecule has 0 radical (unpaired) electrons. The number of nitrogens with one attached hydrogen (secondary N) is 1. The summed E-state index contributed by atoms with van der Waals surface area (Å²) in [7, 11) is 0. The second kappa shape index (κ2) is 8.34. The van der Waals surface area contributed by atoms with Crippen LogP contribution >= 0.6 is 0 Å². The largest absolute Gasteiger partial charge is 0.461 e. The first-order valence-electron chi connectivity index (χ1n) is 8.75. The van der Waals surface area contributed by atoms with E-state index in [0.29, 0.717) is 48.2 Å². The number of benzene rings is 1. The lowest BCUT2D eigenvalue weighted by Gasteiger charge is -2.39. The van der Waals surface area contributed by atoms with Crippen LogP contribution in [0.2, 0.25) is 0 Å².